The van der Waals surface area contributed by atoms with Crippen molar-refractivity contribution in [1.82, 2.24) is 14.8 Å². The summed E-state index contributed by atoms with van der Waals surface area (Å²) in [6.07, 6.45) is 0. The number of nitrogens with one attached hydrogen (secondary N) is 1. The highest BCUT2D eigenvalue weighted by atomic mass is 32.2. The first kappa shape index (κ1) is 21.4. The van der Waals surface area contributed by atoms with Crippen molar-refractivity contribution < 1.29 is 9.18 Å². The maximum atomic E-state index is 13.0. The maximum Gasteiger partial charge on any atom is 0.234 e. The van der Waals surface area contributed by atoms with E-state index in [9.17, 15) is 9.18 Å². The van der Waals surface area contributed by atoms with Crippen LogP contribution in [-0.4, -0.2) is 26.4 Å². The Morgan fingerprint density at radius 1 is 1.00 bits per heavy atom. The zero-order chi connectivity index (χ0) is 21.6. The number of rotatable bonds is 8. The molecular weight excluding hydrogens is 431 g/mol. The van der Waals surface area contributed by atoms with E-state index in [1.54, 1.807) is 23.9 Å². The van der Waals surface area contributed by atoms with E-state index >= 15 is 0 Å². The Morgan fingerprint density at radius 3 is 2.58 bits per heavy atom. The van der Waals surface area contributed by atoms with E-state index in [0.29, 0.717) is 10.9 Å². The molecule has 5 nitrogen and oxygen atoms in total. The lowest BCUT2D eigenvalue weighted by Crippen LogP contribution is -2.14. The second-order valence-electron chi connectivity index (χ2n) is 6.98. The second-order valence-corrected chi connectivity index (χ2v) is 8.90. The Bertz CT molecular complexity index is 1190. The summed E-state index contributed by atoms with van der Waals surface area (Å²) in [7, 11) is 1.90. The molecule has 0 saturated heterocycles. The predicted octanol–water partition coefficient (Wildman–Crippen LogP) is 5.27. The van der Waals surface area contributed by atoms with Gasteiger partial charge in [-0.1, -0.05) is 54.2 Å². The number of hydrogen-bond acceptors (Lipinski definition) is 5. The zero-order valence-corrected chi connectivity index (χ0v) is 18.5. The summed E-state index contributed by atoms with van der Waals surface area (Å²) in [5.74, 6) is 2.23. The van der Waals surface area contributed by atoms with Crippen molar-refractivity contribution in [2.24, 2.45) is 7.05 Å². The fourth-order valence-corrected chi connectivity index (χ4v) is 4.73. The molecule has 0 radical (unpaired) electrons. The number of benzene rings is 3. The molecule has 4 rings (SSSR count). The quantitative estimate of drug-likeness (QED) is 0.369. The van der Waals surface area contributed by atoms with E-state index in [1.165, 1.54) is 23.9 Å². The molecule has 4 aromatic rings. The largest absolute Gasteiger partial charge is 0.325 e. The molecule has 0 atom stereocenters. The molecule has 0 aliphatic rings. The van der Waals surface area contributed by atoms with Gasteiger partial charge in [-0.25, -0.2) is 4.39 Å². The summed E-state index contributed by atoms with van der Waals surface area (Å²) < 4.78 is 14.9. The number of fused-ring (bicyclic) bond motifs is 1. The van der Waals surface area contributed by atoms with Crippen LogP contribution < -0.4 is 5.32 Å². The Labute approximate surface area is 188 Å². The average Bonchev–Trinajstić information content (AvgIpc) is 3.13. The van der Waals surface area contributed by atoms with Gasteiger partial charge < -0.3 is 9.88 Å². The van der Waals surface area contributed by atoms with Crippen LogP contribution in [0.3, 0.4) is 0 Å². The minimum absolute atomic E-state index is 0.0875. The normalized spacial score (nSPS) is 11.0. The molecule has 0 fully saturated rings. The van der Waals surface area contributed by atoms with Gasteiger partial charge in [0, 0.05) is 18.5 Å². The Hall–Kier alpha value is -2.84. The number of thioether (sulfide) groups is 2. The highest BCUT2D eigenvalue weighted by molar-refractivity contribution is 7.99. The molecule has 1 N–H and O–H groups in total. The van der Waals surface area contributed by atoms with Crippen molar-refractivity contribution in [1.29, 1.82) is 0 Å². The minimum Gasteiger partial charge on any atom is -0.325 e. The van der Waals surface area contributed by atoms with Gasteiger partial charge in [-0.2, -0.15) is 0 Å². The molecule has 3 aromatic carbocycles. The molecule has 0 bridgehead atoms. The van der Waals surface area contributed by atoms with Crippen LogP contribution in [0.15, 0.2) is 71.9 Å². The number of hydrogen-bond donors (Lipinski definition) is 1. The van der Waals surface area contributed by atoms with Gasteiger partial charge >= 0.3 is 0 Å². The van der Waals surface area contributed by atoms with Crippen molar-refractivity contribution >= 4 is 45.9 Å². The van der Waals surface area contributed by atoms with Crippen LogP contribution in [0.25, 0.3) is 10.8 Å². The minimum atomic E-state index is -0.228. The van der Waals surface area contributed by atoms with Crippen LogP contribution in [0.2, 0.25) is 0 Å². The van der Waals surface area contributed by atoms with E-state index in [0.717, 1.165) is 33.6 Å². The van der Waals surface area contributed by atoms with Crippen LogP contribution >= 0.6 is 23.5 Å². The number of halogens is 1. The summed E-state index contributed by atoms with van der Waals surface area (Å²) in [4.78, 5) is 12.4. The molecular formula is C23H21FN4OS2. The van der Waals surface area contributed by atoms with E-state index in [2.05, 4.69) is 15.5 Å². The van der Waals surface area contributed by atoms with Gasteiger partial charge in [-0.3, -0.25) is 4.79 Å². The van der Waals surface area contributed by atoms with E-state index in [4.69, 9.17) is 0 Å². The monoisotopic (exact) mass is 452 g/mol. The Morgan fingerprint density at radius 2 is 1.77 bits per heavy atom. The summed E-state index contributed by atoms with van der Waals surface area (Å²) in [6.45, 7) is 0. The molecule has 0 unspecified atom stereocenters. The van der Waals surface area contributed by atoms with Crippen molar-refractivity contribution in [3.05, 3.63) is 83.9 Å². The third-order valence-electron chi connectivity index (χ3n) is 4.70. The first-order valence-corrected chi connectivity index (χ1v) is 11.8. The molecule has 31 heavy (non-hydrogen) atoms. The van der Waals surface area contributed by atoms with Gasteiger partial charge in [0.15, 0.2) is 5.16 Å². The molecule has 0 spiro atoms. The Kier molecular flexibility index (Phi) is 6.89. The number of nitrogens with zero attached hydrogens (tertiary/aromatic N) is 3. The number of carbonyl (C=O) groups is 1. The van der Waals surface area contributed by atoms with Crippen LogP contribution in [0.5, 0.6) is 0 Å². The SMILES string of the molecule is Cn1c(CSCc2ccc(F)cc2)nnc1SCC(=O)Nc1ccc2ccccc2c1. The van der Waals surface area contributed by atoms with Crippen LogP contribution in [-0.2, 0) is 23.3 Å². The van der Waals surface area contributed by atoms with Crippen LogP contribution in [0, 0.1) is 5.82 Å². The molecule has 0 aliphatic carbocycles. The first-order chi connectivity index (χ1) is 15.1. The second kappa shape index (κ2) is 9.98. The number of anilines is 1. The summed E-state index contributed by atoms with van der Waals surface area (Å²) in [5.41, 5.74) is 1.84. The summed E-state index contributed by atoms with van der Waals surface area (Å²) >= 11 is 3.04. The molecule has 0 aliphatic heterocycles. The predicted molar refractivity (Wildman–Crippen MR) is 126 cm³/mol. The van der Waals surface area contributed by atoms with E-state index in [1.807, 2.05) is 54.1 Å². The van der Waals surface area contributed by atoms with Gasteiger partial charge in [-0.05, 0) is 40.6 Å². The van der Waals surface area contributed by atoms with Gasteiger partial charge in [-0.15, -0.1) is 22.0 Å². The van der Waals surface area contributed by atoms with Gasteiger partial charge in [0.25, 0.3) is 0 Å². The molecule has 0 saturated carbocycles. The topological polar surface area (TPSA) is 59.8 Å². The number of carbonyl (C=O) groups excluding carboxylic acids is 1. The summed E-state index contributed by atoms with van der Waals surface area (Å²) in [5, 5.41) is 14.3. The molecule has 1 heterocycles. The highest BCUT2D eigenvalue weighted by Crippen LogP contribution is 2.22. The third kappa shape index (κ3) is 5.65. The lowest BCUT2D eigenvalue weighted by Gasteiger charge is -2.07. The van der Waals surface area contributed by atoms with Crippen LogP contribution in [0.4, 0.5) is 10.1 Å². The number of aromatic nitrogens is 3. The van der Waals surface area contributed by atoms with Crippen molar-refractivity contribution in [2.45, 2.75) is 16.7 Å². The Balaban J connectivity index is 1.27. The number of amides is 1. The zero-order valence-electron chi connectivity index (χ0n) is 16.9. The average molecular weight is 453 g/mol. The van der Waals surface area contributed by atoms with Crippen LogP contribution in [0.1, 0.15) is 11.4 Å². The molecule has 158 valence electrons. The molecule has 8 heteroatoms. The maximum absolute atomic E-state index is 13.0. The molecule has 1 amide bonds. The lowest BCUT2D eigenvalue weighted by atomic mass is 10.1. The van der Waals surface area contributed by atoms with Crippen molar-refractivity contribution in [3.8, 4) is 0 Å². The van der Waals surface area contributed by atoms with E-state index in [-0.39, 0.29) is 17.5 Å². The van der Waals surface area contributed by atoms with Crippen molar-refractivity contribution in [3.63, 3.8) is 0 Å². The standard InChI is InChI=1S/C23H21FN4OS2/c1-28-21(14-30-13-16-6-9-19(24)10-7-16)26-27-23(28)31-15-22(29)25-20-11-8-17-4-2-3-5-18(17)12-20/h2-12H,13-15H2,1H3,(H,25,29). The smallest absolute Gasteiger partial charge is 0.234 e. The lowest BCUT2D eigenvalue weighted by molar-refractivity contribution is -0.113. The highest BCUT2D eigenvalue weighted by Gasteiger charge is 2.12. The third-order valence-corrected chi connectivity index (χ3v) is 6.72. The van der Waals surface area contributed by atoms with E-state index < -0.39 is 0 Å². The fourth-order valence-electron chi connectivity index (χ4n) is 3.03. The molecule has 1 aromatic heterocycles. The van der Waals surface area contributed by atoms with Gasteiger partial charge in [0.05, 0.1) is 11.5 Å². The first-order valence-electron chi connectivity index (χ1n) is 9.70. The van der Waals surface area contributed by atoms with Crippen molar-refractivity contribution in [2.75, 3.05) is 11.1 Å². The summed E-state index contributed by atoms with van der Waals surface area (Å²) in [6, 6.07) is 20.4. The van der Waals surface area contributed by atoms with Gasteiger partial charge in [0.1, 0.15) is 11.6 Å². The van der Waals surface area contributed by atoms with Gasteiger partial charge in [0.2, 0.25) is 5.91 Å². The fraction of sp³-hybridized carbons (Fsp3) is 0.174.